The molecule has 1 aromatic carbocycles. The van der Waals surface area contributed by atoms with Gasteiger partial charge in [-0.25, -0.2) is 9.97 Å². The Morgan fingerprint density at radius 2 is 1.89 bits per heavy atom. The molecule has 1 heterocycles. The van der Waals surface area contributed by atoms with Crippen LogP contribution in [0.4, 0.5) is 0 Å². The number of halogens is 1. The number of ether oxygens (including phenoxy) is 1. The summed E-state index contributed by atoms with van der Waals surface area (Å²) in [4.78, 5) is 8.12. The minimum Gasteiger partial charge on any atom is -0.424 e. The third kappa shape index (κ3) is 3.44. The molecule has 0 radical (unpaired) electrons. The minimum atomic E-state index is 0.327. The highest BCUT2D eigenvalue weighted by molar-refractivity contribution is 6.30. The Kier molecular flexibility index (Phi) is 4.74. The Balaban J connectivity index is 2.28. The summed E-state index contributed by atoms with van der Waals surface area (Å²) >= 11 is 5.76. The summed E-state index contributed by atoms with van der Waals surface area (Å²) in [5.41, 5.74) is 2.55. The van der Waals surface area contributed by atoms with Gasteiger partial charge in [0, 0.05) is 0 Å². The van der Waals surface area contributed by atoms with Crippen LogP contribution in [0, 0.1) is 0 Å². The molecule has 19 heavy (non-hydrogen) atoms. The van der Waals surface area contributed by atoms with Crippen molar-refractivity contribution in [3.8, 4) is 11.8 Å². The largest absolute Gasteiger partial charge is 0.424 e. The summed E-state index contributed by atoms with van der Waals surface area (Å²) in [7, 11) is 0. The van der Waals surface area contributed by atoms with E-state index in [1.54, 1.807) is 0 Å². The van der Waals surface area contributed by atoms with Crippen LogP contribution in [-0.4, -0.2) is 9.97 Å². The Morgan fingerprint density at radius 3 is 2.53 bits per heavy atom. The molecule has 0 saturated carbocycles. The van der Waals surface area contributed by atoms with Crippen LogP contribution in [0.3, 0.4) is 0 Å². The van der Waals surface area contributed by atoms with Crippen molar-refractivity contribution in [2.75, 3.05) is 0 Å². The van der Waals surface area contributed by atoms with Gasteiger partial charge in [-0.3, -0.25) is 0 Å². The highest BCUT2D eigenvalue weighted by atomic mass is 35.5. The standard InChI is InChI=1S/C15H17ClN2O/c1-3-6-11-7-5-8-14(13(11)4-2)19-15-17-9-12(16)10-18-15/h5,7-10H,3-4,6H2,1-2H3. The molecule has 1 aromatic heterocycles. The summed E-state index contributed by atoms with van der Waals surface area (Å²) < 4.78 is 5.76. The Bertz CT molecular complexity index is 540. The van der Waals surface area contributed by atoms with Gasteiger partial charge in [0.1, 0.15) is 5.75 Å². The van der Waals surface area contributed by atoms with Crippen LogP contribution in [-0.2, 0) is 12.8 Å². The molecule has 0 fully saturated rings. The molecule has 0 spiro atoms. The van der Waals surface area contributed by atoms with Crippen LogP contribution in [0.2, 0.25) is 5.02 Å². The highest BCUT2D eigenvalue weighted by Crippen LogP contribution is 2.27. The first-order chi connectivity index (χ1) is 9.24. The number of nitrogens with zero attached hydrogens (tertiary/aromatic N) is 2. The number of aromatic nitrogens is 2. The number of aryl methyl sites for hydroxylation is 1. The maximum absolute atomic E-state index is 5.76. The number of hydrogen-bond acceptors (Lipinski definition) is 3. The Labute approximate surface area is 118 Å². The second-order valence-corrected chi connectivity index (χ2v) is 4.72. The molecule has 0 aliphatic heterocycles. The van der Waals surface area contributed by atoms with Gasteiger partial charge in [-0.2, -0.15) is 0 Å². The zero-order valence-electron chi connectivity index (χ0n) is 11.2. The van der Waals surface area contributed by atoms with Crippen LogP contribution >= 0.6 is 11.6 Å². The fraction of sp³-hybridized carbons (Fsp3) is 0.333. The van der Waals surface area contributed by atoms with E-state index in [2.05, 4.69) is 29.9 Å². The lowest BCUT2D eigenvalue weighted by Gasteiger charge is -2.12. The van der Waals surface area contributed by atoms with Gasteiger partial charge in [0.05, 0.1) is 17.4 Å². The van der Waals surface area contributed by atoms with Gasteiger partial charge < -0.3 is 4.74 Å². The SMILES string of the molecule is CCCc1cccc(Oc2ncc(Cl)cn2)c1CC. The lowest BCUT2D eigenvalue weighted by molar-refractivity contribution is 0.436. The van der Waals surface area contributed by atoms with E-state index in [4.69, 9.17) is 16.3 Å². The zero-order chi connectivity index (χ0) is 13.7. The monoisotopic (exact) mass is 276 g/mol. The third-order valence-electron chi connectivity index (χ3n) is 2.90. The van der Waals surface area contributed by atoms with E-state index in [-0.39, 0.29) is 0 Å². The van der Waals surface area contributed by atoms with Crippen molar-refractivity contribution < 1.29 is 4.74 Å². The van der Waals surface area contributed by atoms with E-state index in [0.29, 0.717) is 11.0 Å². The van der Waals surface area contributed by atoms with Crippen molar-refractivity contribution in [2.45, 2.75) is 33.1 Å². The molecule has 3 nitrogen and oxygen atoms in total. The van der Waals surface area contributed by atoms with Crippen molar-refractivity contribution in [1.29, 1.82) is 0 Å². The fourth-order valence-corrected chi connectivity index (χ4v) is 2.16. The molecular weight excluding hydrogens is 260 g/mol. The van der Waals surface area contributed by atoms with Crippen molar-refractivity contribution >= 4 is 11.6 Å². The second kappa shape index (κ2) is 6.53. The van der Waals surface area contributed by atoms with Crippen molar-refractivity contribution in [2.24, 2.45) is 0 Å². The lowest BCUT2D eigenvalue weighted by Crippen LogP contribution is -1.98. The highest BCUT2D eigenvalue weighted by Gasteiger charge is 2.09. The van der Waals surface area contributed by atoms with Crippen molar-refractivity contribution in [1.82, 2.24) is 9.97 Å². The minimum absolute atomic E-state index is 0.327. The molecular formula is C15H17ClN2O. The molecule has 0 aliphatic rings. The van der Waals surface area contributed by atoms with Gasteiger partial charge in [-0.1, -0.05) is 44.0 Å². The van der Waals surface area contributed by atoms with Crippen LogP contribution in [0.25, 0.3) is 0 Å². The predicted octanol–water partition coefficient (Wildman–Crippen LogP) is 4.44. The van der Waals surface area contributed by atoms with Crippen LogP contribution in [0.15, 0.2) is 30.6 Å². The summed E-state index contributed by atoms with van der Waals surface area (Å²) in [6.07, 6.45) is 6.17. The van der Waals surface area contributed by atoms with E-state index < -0.39 is 0 Å². The molecule has 2 rings (SSSR count). The van der Waals surface area contributed by atoms with Crippen molar-refractivity contribution in [3.05, 3.63) is 46.7 Å². The number of benzene rings is 1. The molecule has 0 bridgehead atoms. The molecule has 4 heteroatoms. The molecule has 100 valence electrons. The molecule has 2 aromatic rings. The number of hydrogen-bond donors (Lipinski definition) is 0. The molecule has 0 saturated heterocycles. The van der Waals surface area contributed by atoms with E-state index in [1.165, 1.54) is 23.5 Å². The van der Waals surface area contributed by atoms with Gasteiger partial charge in [0.15, 0.2) is 0 Å². The topological polar surface area (TPSA) is 35.0 Å². The zero-order valence-corrected chi connectivity index (χ0v) is 11.9. The fourth-order valence-electron chi connectivity index (χ4n) is 2.06. The molecule has 0 unspecified atom stereocenters. The Morgan fingerprint density at radius 1 is 1.16 bits per heavy atom. The van der Waals surface area contributed by atoms with E-state index in [9.17, 15) is 0 Å². The Hall–Kier alpha value is -1.61. The smallest absolute Gasteiger partial charge is 0.321 e. The van der Waals surface area contributed by atoms with Crippen LogP contribution in [0.5, 0.6) is 11.8 Å². The number of rotatable bonds is 5. The summed E-state index contributed by atoms with van der Waals surface area (Å²) in [5.74, 6) is 0.829. The maximum atomic E-state index is 5.76. The first kappa shape index (κ1) is 13.8. The normalized spacial score (nSPS) is 10.5. The summed E-state index contributed by atoms with van der Waals surface area (Å²) in [5, 5.41) is 0.503. The van der Waals surface area contributed by atoms with Gasteiger partial charge in [-0.15, -0.1) is 0 Å². The second-order valence-electron chi connectivity index (χ2n) is 4.28. The summed E-state index contributed by atoms with van der Waals surface area (Å²) in [6, 6.07) is 6.44. The average Bonchev–Trinajstić information content (AvgIpc) is 2.42. The predicted molar refractivity (Wildman–Crippen MR) is 76.9 cm³/mol. The maximum Gasteiger partial charge on any atom is 0.321 e. The van der Waals surface area contributed by atoms with Gasteiger partial charge >= 0.3 is 6.01 Å². The first-order valence-corrected chi connectivity index (χ1v) is 6.88. The van der Waals surface area contributed by atoms with E-state index >= 15 is 0 Å². The van der Waals surface area contributed by atoms with Gasteiger partial charge in [0.2, 0.25) is 0 Å². The van der Waals surface area contributed by atoms with Gasteiger partial charge in [0.25, 0.3) is 0 Å². The van der Waals surface area contributed by atoms with Crippen LogP contribution < -0.4 is 4.74 Å². The van der Waals surface area contributed by atoms with E-state index in [1.807, 2.05) is 12.1 Å². The molecule has 0 aliphatic carbocycles. The first-order valence-electron chi connectivity index (χ1n) is 6.50. The van der Waals surface area contributed by atoms with E-state index in [0.717, 1.165) is 25.0 Å². The summed E-state index contributed by atoms with van der Waals surface area (Å²) in [6.45, 7) is 4.30. The molecule has 0 atom stereocenters. The molecule has 0 N–H and O–H groups in total. The lowest BCUT2D eigenvalue weighted by atomic mass is 10.0. The molecule has 0 amide bonds. The average molecular weight is 277 g/mol. The van der Waals surface area contributed by atoms with Crippen molar-refractivity contribution in [3.63, 3.8) is 0 Å². The van der Waals surface area contributed by atoms with Gasteiger partial charge in [-0.05, 0) is 30.0 Å². The van der Waals surface area contributed by atoms with Crippen LogP contribution in [0.1, 0.15) is 31.4 Å². The quantitative estimate of drug-likeness (QED) is 0.810. The third-order valence-corrected chi connectivity index (χ3v) is 3.10.